The molecule has 1 aliphatic heterocycles. The van der Waals surface area contributed by atoms with Gasteiger partial charge in [0.15, 0.2) is 0 Å². The third-order valence-corrected chi connectivity index (χ3v) is 4.78. The van der Waals surface area contributed by atoms with Gasteiger partial charge in [-0.05, 0) is 44.0 Å². The van der Waals surface area contributed by atoms with Gasteiger partial charge in [-0.3, -0.25) is 0 Å². The Bertz CT molecular complexity index is 415. The van der Waals surface area contributed by atoms with Crippen LogP contribution in [0.3, 0.4) is 0 Å². The van der Waals surface area contributed by atoms with Gasteiger partial charge in [-0.2, -0.15) is 0 Å². The summed E-state index contributed by atoms with van der Waals surface area (Å²) in [4.78, 5) is 2.65. The molecule has 1 aromatic rings. The molecule has 110 valence electrons. The molecule has 1 heterocycles. The van der Waals surface area contributed by atoms with Gasteiger partial charge in [0.25, 0.3) is 0 Å². The summed E-state index contributed by atoms with van der Waals surface area (Å²) < 4.78 is 5.55. The highest BCUT2D eigenvalue weighted by atomic mass is 16.5. The number of piperazine rings is 1. The maximum Gasteiger partial charge on any atom is 0.119 e. The summed E-state index contributed by atoms with van der Waals surface area (Å²) >= 11 is 0. The van der Waals surface area contributed by atoms with Gasteiger partial charge in [0.05, 0.1) is 12.1 Å². The molecule has 0 unspecified atom stereocenters. The fourth-order valence-corrected chi connectivity index (χ4v) is 3.79. The maximum atomic E-state index is 5.55. The molecule has 20 heavy (non-hydrogen) atoms. The fraction of sp³-hybridized carbons (Fsp3) is 0.647. The van der Waals surface area contributed by atoms with Crippen molar-refractivity contribution in [2.24, 2.45) is 0 Å². The second-order valence-corrected chi connectivity index (χ2v) is 6.04. The number of hydrogen-bond acceptors (Lipinski definition) is 3. The van der Waals surface area contributed by atoms with E-state index in [0.717, 1.165) is 32.0 Å². The zero-order valence-electron chi connectivity index (χ0n) is 12.5. The van der Waals surface area contributed by atoms with Crippen LogP contribution in [0, 0.1) is 0 Å². The largest absolute Gasteiger partial charge is 0.494 e. The smallest absolute Gasteiger partial charge is 0.119 e. The number of benzene rings is 1. The van der Waals surface area contributed by atoms with E-state index in [4.69, 9.17) is 4.74 Å². The molecule has 0 atom stereocenters. The van der Waals surface area contributed by atoms with Crippen LogP contribution >= 0.6 is 0 Å². The van der Waals surface area contributed by atoms with Gasteiger partial charge < -0.3 is 15.0 Å². The molecule has 2 fully saturated rings. The van der Waals surface area contributed by atoms with Crippen molar-refractivity contribution in [2.45, 2.75) is 44.6 Å². The molecule has 1 N–H and O–H groups in total. The zero-order chi connectivity index (χ0) is 13.8. The quantitative estimate of drug-likeness (QED) is 0.916. The van der Waals surface area contributed by atoms with E-state index in [0.29, 0.717) is 5.54 Å². The summed E-state index contributed by atoms with van der Waals surface area (Å²) in [6, 6.07) is 8.67. The van der Waals surface area contributed by atoms with Crippen LogP contribution in [0.1, 0.15) is 39.0 Å². The summed E-state index contributed by atoms with van der Waals surface area (Å²) in [7, 11) is 0. The number of hydrogen-bond donors (Lipinski definition) is 1. The standard InChI is InChI=1S/C17H26N2O/c1-2-20-16-8-6-15(7-9-16)19-13-12-18-14-17(19)10-4-3-5-11-17/h6-9,18H,2-5,10-14H2,1H3. The van der Waals surface area contributed by atoms with E-state index in [1.807, 2.05) is 6.92 Å². The number of nitrogens with one attached hydrogen (secondary N) is 1. The van der Waals surface area contributed by atoms with Gasteiger partial charge in [-0.1, -0.05) is 19.3 Å². The first-order valence-corrected chi connectivity index (χ1v) is 8.05. The van der Waals surface area contributed by atoms with Gasteiger partial charge >= 0.3 is 0 Å². The molecule has 1 aromatic carbocycles. The Hall–Kier alpha value is -1.22. The average Bonchev–Trinajstić information content (AvgIpc) is 2.50. The van der Waals surface area contributed by atoms with E-state index >= 15 is 0 Å². The highest BCUT2D eigenvalue weighted by Crippen LogP contribution is 2.38. The highest BCUT2D eigenvalue weighted by Gasteiger charge is 2.39. The van der Waals surface area contributed by atoms with Crippen LogP contribution in [0.25, 0.3) is 0 Å². The van der Waals surface area contributed by atoms with Crippen molar-refractivity contribution in [1.82, 2.24) is 5.32 Å². The van der Waals surface area contributed by atoms with Crippen LogP contribution in [0.15, 0.2) is 24.3 Å². The van der Waals surface area contributed by atoms with E-state index in [2.05, 4.69) is 34.5 Å². The molecule has 0 bridgehead atoms. The highest BCUT2D eigenvalue weighted by molar-refractivity contribution is 5.52. The predicted octanol–water partition coefficient (Wildman–Crippen LogP) is 3.20. The summed E-state index contributed by atoms with van der Waals surface area (Å²) in [5.74, 6) is 0.976. The lowest BCUT2D eigenvalue weighted by Gasteiger charge is -2.51. The predicted molar refractivity (Wildman–Crippen MR) is 83.6 cm³/mol. The lowest BCUT2D eigenvalue weighted by Crippen LogP contribution is -2.62. The van der Waals surface area contributed by atoms with Crippen molar-refractivity contribution >= 4 is 5.69 Å². The van der Waals surface area contributed by atoms with Gasteiger partial charge in [-0.25, -0.2) is 0 Å². The average molecular weight is 274 g/mol. The maximum absolute atomic E-state index is 5.55. The lowest BCUT2D eigenvalue weighted by molar-refractivity contribution is 0.241. The minimum absolute atomic E-state index is 0.351. The van der Waals surface area contributed by atoms with Crippen molar-refractivity contribution in [1.29, 1.82) is 0 Å². The molecule has 1 saturated heterocycles. The molecule has 1 saturated carbocycles. The first kappa shape index (κ1) is 13.7. The Morgan fingerprint density at radius 2 is 1.90 bits per heavy atom. The van der Waals surface area contributed by atoms with E-state index in [9.17, 15) is 0 Å². The van der Waals surface area contributed by atoms with E-state index in [-0.39, 0.29) is 0 Å². The molecule has 0 radical (unpaired) electrons. The topological polar surface area (TPSA) is 24.5 Å². The number of ether oxygens (including phenoxy) is 1. The van der Waals surface area contributed by atoms with Crippen molar-refractivity contribution in [3.63, 3.8) is 0 Å². The Labute approximate surface area is 122 Å². The Morgan fingerprint density at radius 3 is 2.60 bits per heavy atom. The Morgan fingerprint density at radius 1 is 1.15 bits per heavy atom. The molecule has 3 heteroatoms. The van der Waals surface area contributed by atoms with Crippen LogP contribution in [0.2, 0.25) is 0 Å². The van der Waals surface area contributed by atoms with Crippen LogP contribution in [0.5, 0.6) is 5.75 Å². The summed E-state index contributed by atoms with van der Waals surface area (Å²) in [5.41, 5.74) is 1.71. The van der Waals surface area contributed by atoms with Gasteiger partial charge in [0.2, 0.25) is 0 Å². The minimum atomic E-state index is 0.351. The minimum Gasteiger partial charge on any atom is -0.494 e. The normalized spacial score (nSPS) is 21.9. The van der Waals surface area contributed by atoms with Crippen molar-refractivity contribution in [3.8, 4) is 5.75 Å². The molecule has 2 aliphatic rings. The summed E-state index contributed by atoms with van der Waals surface area (Å²) in [6.07, 6.45) is 6.80. The second kappa shape index (κ2) is 6.04. The molecule has 0 aromatic heterocycles. The number of nitrogens with zero attached hydrogens (tertiary/aromatic N) is 1. The van der Waals surface area contributed by atoms with Crippen LogP contribution < -0.4 is 15.0 Å². The molecule has 0 amide bonds. The first-order chi connectivity index (χ1) is 9.84. The molecule has 1 spiro atoms. The van der Waals surface area contributed by atoms with Crippen LogP contribution in [0.4, 0.5) is 5.69 Å². The van der Waals surface area contributed by atoms with Crippen LogP contribution in [-0.4, -0.2) is 31.8 Å². The molecule has 3 nitrogen and oxygen atoms in total. The van der Waals surface area contributed by atoms with E-state index < -0.39 is 0 Å². The summed E-state index contributed by atoms with van der Waals surface area (Å²) in [5, 5.41) is 3.61. The fourth-order valence-electron chi connectivity index (χ4n) is 3.79. The molecular formula is C17H26N2O. The number of anilines is 1. The van der Waals surface area contributed by atoms with Crippen molar-refractivity contribution in [3.05, 3.63) is 24.3 Å². The van der Waals surface area contributed by atoms with E-state index in [1.165, 1.54) is 37.8 Å². The Kier molecular flexibility index (Phi) is 4.16. The van der Waals surface area contributed by atoms with E-state index in [1.54, 1.807) is 0 Å². The molecule has 3 rings (SSSR count). The van der Waals surface area contributed by atoms with Gasteiger partial charge in [-0.15, -0.1) is 0 Å². The number of rotatable bonds is 3. The van der Waals surface area contributed by atoms with Gasteiger partial charge in [0.1, 0.15) is 5.75 Å². The Balaban J connectivity index is 1.81. The lowest BCUT2D eigenvalue weighted by atomic mass is 9.78. The first-order valence-electron chi connectivity index (χ1n) is 8.05. The monoisotopic (exact) mass is 274 g/mol. The van der Waals surface area contributed by atoms with Crippen molar-refractivity contribution in [2.75, 3.05) is 31.1 Å². The summed E-state index contributed by atoms with van der Waals surface area (Å²) in [6.45, 7) is 6.11. The van der Waals surface area contributed by atoms with Crippen molar-refractivity contribution < 1.29 is 4.74 Å². The van der Waals surface area contributed by atoms with Gasteiger partial charge in [0, 0.05) is 25.3 Å². The molecular weight excluding hydrogens is 248 g/mol. The third-order valence-electron chi connectivity index (χ3n) is 4.78. The molecule has 1 aliphatic carbocycles. The zero-order valence-corrected chi connectivity index (χ0v) is 12.5. The SMILES string of the molecule is CCOc1ccc(N2CCNCC23CCCCC3)cc1. The third kappa shape index (κ3) is 2.64. The van der Waals surface area contributed by atoms with Crippen LogP contribution in [-0.2, 0) is 0 Å². The second-order valence-electron chi connectivity index (χ2n) is 6.04.